The Bertz CT molecular complexity index is 1090. The number of nitrogens with one attached hydrogen (secondary N) is 2. The maximum Gasteiger partial charge on any atom is 0.326 e. The largest absolute Gasteiger partial charge is 0.353 e. The number of hydrogen-bond acceptors (Lipinski definition) is 1. The molecule has 146 valence electrons. The second kappa shape index (κ2) is 8.65. The van der Waals surface area contributed by atoms with Crippen LogP contribution in [-0.4, -0.2) is 17.6 Å². The van der Waals surface area contributed by atoms with Gasteiger partial charge in [0.15, 0.2) is 0 Å². The summed E-state index contributed by atoms with van der Waals surface area (Å²) in [5, 5.41) is 4.10. The van der Waals surface area contributed by atoms with E-state index >= 15 is 0 Å². The number of unbranched alkanes of at least 4 members (excludes halogenated alkanes) is 1. The maximum atomic E-state index is 13.3. The van der Waals surface area contributed by atoms with E-state index in [1.165, 1.54) is 0 Å². The molecule has 2 amide bonds. The average Bonchev–Trinajstić information content (AvgIpc) is 3.15. The van der Waals surface area contributed by atoms with E-state index in [1.54, 1.807) is 4.90 Å². The van der Waals surface area contributed by atoms with Gasteiger partial charge in [-0.2, -0.15) is 0 Å². The van der Waals surface area contributed by atoms with Crippen molar-refractivity contribution in [3.05, 3.63) is 84.9 Å². The van der Waals surface area contributed by atoms with Gasteiger partial charge >= 0.3 is 6.03 Å². The molecule has 4 nitrogen and oxygen atoms in total. The van der Waals surface area contributed by atoms with E-state index in [2.05, 4.69) is 35.4 Å². The number of carbonyl (C=O) groups is 1. The van der Waals surface area contributed by atoms with Gasteiger partial charge in [0.25, 0.3) is 0 Å². The number of carbonyl (C=O) groups excluding carboxylic acids is 1. The number of fused-ring (bicyclic) bond motifs is 1. The number of para-hydroxylation sites is 2. The number of nitrogens with zero attached hydrogens (tertiary/aromatic N) is 1. The number of amides is 2. The van der Waals surface area contributed by atoms with E-state index in [-0.39, 0.29) is 6.03 Å². The fourth-order valence-corrected chi connectivity index (χ4v) is 3.55. The molecule has 0 saturated heterocycles. The lowest BCUT2D eigenvalue weighted by molar-refractivity contribution is 0.248. The minimum absolute atomic E-state index is 0.119. The highest BCUT2D eigenvalue weighted by Crippen LogP contribution is 2.41. The molecule has 0 aliphatic rings. The molecule has 0 spiro atoms. The van der Waals surface area contributed by atoms with Crippen LogP contribution in [0.3, 0.4) is 0 Å². The summed E-state index contributed by atoms with van der Waals surface area (Å²) in [7, 11) is 0. The monoisotopic (exact) mass is 383 g/mol. The number of aromatic amines is 1. The Balaban J connectivity index is 1.91. The lowest BCUT2D eigenvalue weighted by Crippen LogP contribution is -2.37. The molecule has 4 rings (SSSR count). The number of aromatic nitrogens is 1. The summed E-state index contributed by atoms with van der Waals surface area (Å²) in [6.45, 7) is 2.77. The van der Waals surface area contributed by atoms with Crippen LogP contribution in [0, 0.1) is 0 Å². The molecule has 3 aromatic carbocycles. The van der Waals surface area contributed by atoms with Gasteiger partial charge in [-0.25, -0.2) is 4.79 Å². The normalized spacial score (nSPS) is 10.8. The zero-order valence-corrected chi connectivity index (χ0v) is 16.6. The highest BCUT2D eigenvalue weighted by atomic mass is 16.2. The van der Waals surface area contributed by atoms with Gasteiger partial charge in [-0.05, 0) is 24.6 Å². The maximum absolute atomic E-state index is 13.3. The van der Waals surface area contributed by atoms with Crippen molar-refractivity contribution in [1.82, 2.24) is 10.3 Å². The lowest BCUT2D eigenvalue weighted by atomic mass is 10.1. The SMILES string of the molecule is CCCCNC(=O)N(c1ccccc1)c1c(-c2ccccc2)[nH]c2ccccc12. The second-order valence-electron chi connectivity index (χ2n) is 7.02. The highest BCUT2D eigenvalue weighted by Gasteiger charge is 2.25. The highest BCUT2D eigenvalue weighted by molar-refractivity contribution is 6.12. The van der Waals surface area contributed by atoms with Gasteiger partial charge in [-0.3, -0.25) is 4.90 Å². The van der Waals surface area contributed by atoms with Crippen LogP contribution in [0.1, 0.15) is 19.8 Å². The van der Waals surface area contributed by atoms with Gasteiger partial charge in [-0.1, -0.05) is 80.1 Å². The van der Waals surface area contributed by atoms with Crippen molar-refractivity contribution in [3.8, 4) is 11.3 Å². The van der Waals surface area contributed by atoms with Crippen LogP contribution >= 0.6 is 0 Å². The Morgan fingerprint density at radius 2 is 1.55 bits per heavy atom. The Morgan fingerprint density at radius 3 is 2.28 bits per heavy atom. The van der Waals surface area contributed by atoms with Gasteiger partial charge in [0, 0.05) is 23.0 Å². The van der Waals surface area contributed by atoms with Crippen LogP contribution < -0.4 is 10.2 Å². The summed E-state index contributed by atoms with van der Waals surface area (Å²) in [5.41, 5.74) is 4.68. The second-order valence-corrected chi connectivity index (χ2v) is 7.02. The van der Waals surface area contributed by atoms with Gasteiger partial charge in [0.1, 0.15) is 0 Å². The minimum Gasteiger partial charge on any atom is -0.353 e. The molecule has 1 heterocycles. The van der Waals surface area contributed by atoms with E-state index in [0.29, 0.717) is 6.54 Å². The molecular formula is C25H25N3O. The number of H-pyrrole nitrogens is 1. The summed E-state index contributed by atoms with van der Waals surface area (Å²) in [5.74, 6) is 0. The molecule has 29 heavy (non-hydrogen) atoms. The van der Waals surface area contributed by atoms with Crippen molar-refractivity contribution in [2.24, 2.45) is 0 Å². The topological polar surface area (TPSA) is 48.1 Å². The molecule has 4 aromatic rings. The molecule has 0 aliphatic carbocycles. The first-order valence-corrected chi connectivity index (χ1v) is 10.1. The molecule has 0 unspecified atom stereocenters. The molecule has 0 bridgehead atoms. The van der Waals surface area contributed by atoms with Crippen LogP contribution in [-0.2, 0) is 0 Å². The summed E-state index contributed by atoms with van der Waals surface area (Å²) in [4.78, 5) is 18.7. The standard InChI is InChI=1S/C25H25N3O/c1-2-3-18-26-25(29)28(20-14-8-5-9-15-20)24-21-16-10-11-17-22(21)27-23(24)19-12-6-4-7-13-19/h4-17,27H,2-3,18H2,1H3,(H,26,29). The molecule has 4 heteroatoms. The molecule has 1 aromatic heterocycles. The quantitative estimate of drug-likeness (QED) is 0.368. The minimum atomic E-state index is -0.119. The molecule has 0 atom stereocenters. The van der Waals surface area contributed by atoms with E-state index in [4.69, 9.17) is 0 Å². The van der Waals surface area contributed by atoms with Crippen molar-refractivity contribution in [2.75, 3.05) is 11.4 Å². The zero-order chi connectivity index (χ0) is 20.1. The number of urea groups is 1. The van der Waals surface area contributed by atoms with Crippen LogP contribution in [0.4, 0.5) is 16.2 Å². The number of hydrogen-bond donors (Lipinski definition) is 2. The van der Waals surface area contributed by atoms with Crippen LogP contribution in [0.25, 0.3) is 22.2 Å². The number of rotatable bonds is 6. The Labute approximate surface area is 171 Å². The molecule has 2 N–H and O–H groups in total. The molecule has 0 fully saturated rings. The average molecular weight is 383 g/mol. The van der Waals surface area contributed by atoms with Crippen LogP contribution in [0.15, 0.2) is 84.9 Å². The van der Waals surface area contributed by atoms with E-state index in [9.17, 15) is 4.79 Å². The van der Waals surface area contributed by atoms with Gasteiger partial charge in [-0.15, -0.1) is 0 Å². The molecular weight excluding hydrogens is 358 g/mol. The van der Waals surface area contributed by atoms with Crippen molar-refractivity contribution in [3.63, 3.8) is 0 Å². The van der Waals surface area contributed by atoms with Gasteiger partial charge < -0.3 is 10.3 Å². The fourth-order valence-electron chi connectivity index (χ4n) is 3.55. The first kappa shape index (κ1) is 18.8. The number of anilines is 2. The van der Waals surface area contributed by atoms with E-state index < -0.39 is 0 Å². The summed E-state index contributed by atoms with van der Waals surface area (Å²) < 4.78 is 0. The summed E-state index contributed by atoms with van der Waals surface area (Å²) in [6, 6.07) is 28.0. The van der Waals surface area contributed by atoms with Gasteiger partial charge in [0.05, 0.1) is 17.1 Å². The van der Waals surface area contributed by atoms with Crippen molar-refractivity contribution in [1.29, 1.82) is 0 Å². The van der Waals surface area contributed by atoms with E-state index in [0.717, 1.165) is 46.4 Å². The lowest BCUT2D eigenvalue weighted by Gasteiger charge is -2.24. The fraction of sp³-hybridized carbons (Fsp3) is 0.160. The molecule has 0 saturated carbocycles. The Morgan fingerprint density at radius 1 is 0.897 bits per heavy atom. The predicted molar refractivity (Wildman–Crippen MR) is 121 cm³/mol. The predicted octanol–water partition coefficient (Wildman–Crippen LogP) is 6.48. The third-order valence-electron chi connectivity index (χ3n) is 4.99. The Hall–Kier alpha value is -3.53. The first-order valence-electron chi connectivity index (χ1n) is 10.1. The van der Waals surface area contributed by atoms with E-state index in [1.807, 2.05) is 66.7 Å². The first-order chi connectivity index (χ1) is 14.3. The Kier molecular flexibility index (Phi) is 5.61. The molecule has 0 radical (unpaired) electrons. The zero-order valence-electron chi connectivity index (χ0n) is 16.6. The van der Waals surface area contributed by atoms with Gasteiger partial charge in [0.2, 0.25) is 0 Å². The van der Waals surface area contributed by atoms with Crippen LogP contribution in [0.2, 0.25) is 0 Å². The summed E-state index contributed by atoms with van der Waals surface area (Å²) >= 11 is 0. The van der Waals surface area contributed by atoms with Crippen molar-refractivity contribution in [2.45, 2.75) is 19.8 Å². The van der Waals surface area contributed by atoms with Crippen molar-refractivity contribution < 1.29 is 4.79 Å². The van der Waals surface area contributed by atoms with Crippen LogP contribution in [0.5, 0.6) is 0 Å². The smallest absolute Gasteiger partial charge is 0.326 e. The summed E-state index contributed by atoms with van der Waals surface area (Å²) in [6.07, 6.45) is 1.99. The third kappa shape index (κ3) is 3.87. The van der Waals surface area contributed by atoms with Crippen molar-refractivity contribution >= 4 is 28.3 Å². The third-order valence-corrected chi connectivity index (χ3v) is 4.99. The number of benzene rings is 3. The molecule has 0 aliphatic heterocycles.